The van der Waals surface area contributed by atoms with E-state index in [2.05, 4.69) is 53.9 Å². The summed E-state index contributed by atoms with van der Waals surface area (Å²) >= 11 is 0. The van der Waals surface area contributed by atoms with Gasteiger partial charge in [0.05, 0.1) is 0 Å². The Hall–Kier alpha value is -1.07. The Labute approximate surface area is 123 Å². The monoisotopic (exact) mass is 282 g/mol. The first kappa shape index (κ1) is 17.0. The number of likely N-dealkylation sites (N-methyl/N-ethyl adjacent to an activating group) is 1. The zero-order valence-corrected chi connectivity index (χ0v) is 13.6. The molecule has 1 heterocycles. The van der Waals surface area contributed by atoms with E-state index in [1.165, 1.54) is 0 Å². The van der Waals surface area contributed by atoms with Crippen molar-refractivity contribution in [3.05, 3.63) is 12.4 Å². The number of nitrogens with zero attached hydrogens (tertiary/aromatic N) is 3. The number of methoxy groups -OCH3 is 1. The fourth-order valence-corrected chi connectivity index (χ4v) is 2.40. The van der Waals surface area contributed by atoms with Crippen LogP contribution in [0.15, 0.2) is 12.4 Å². The minimum absolute atomic E-state index is 0.456. The van der Waals surface area contributed by atoms with E-state index >= 15 is 0 Å². The van der Waals surface area contributed by atoms with Crippen molar-refractivity contribution in [3.8, 4) is 0 Å². The summed E-state index contributed by atoms with van der Waals surface area (Å²) in [6.07, 6.45) is 6.10. The van der Waals surface area contributed by atoms with E-state index in [1.807, 2.05) is 6.20 Å². The standard InChI is InChI=1S/C15H30N4O/c1-13(2)11-14(12-18(3)4)19-9-8-17-15(19)16-7-6-10-20-5/h8-9,13-14H,6-7,10-12H2,1-5H3,(H,16,17). The van der Waals surface area contributed by atoms with Gasteiger partial charge in [-0.05, 0) is 32.9 Å². The van der Waals surface area contributed by atoms with Crippen LogP contribution in [0.2, 0.25) is 0 Å². The Balaban J connectivity index is 2.67. The average Bonchev–Trinajstić information content (AvgIpc) is 2.81. The van der Waals surface area contributed by atoms with E-state index in [0.29, 0.717) is 12.0 Å². The molecular formula is C15H30N4O. The lowest BCUT2D eigenvalue weighted by Crippen LogP contribution is -2.26. The van der Waals surface area contributed by atoms with Gasteiger partial charge in [0.25, 0.3) is 0 Å². The van der Waals surface area contributed by atoms with Gasteiger partial charge in [0.15, 0.2) is 0 Å². The van der Waals surface area contributed by atoms with Crippen molar-refractivity contribution in [2.75, 3.05) is 46.2 Å². The molecule has 1 rings (SSSR count). The maximum atomic E-state index is 5.07. The van der Waals surface area contributed by atoms with Crippen LogP contribution < -0.4 is 5.32 Å². The van der Waals surface area contributed by atoms with Crippen LogP contribution in [0, 0.1) is 5.92 Å². The Morgan fingerprint density at radius 2 is 2.15 bits per heavy atom. The molecule has 1 aromatic rings. The third-order valence-corrected chi connectivity index (χ3v) is 3.19. The smallest absolute Gasteiger partial charge is 0.203 e. The number of hydrogen-bond donors (Lipinski definition) is 1. The Morgan fingerprint density at radius 3 is 2.75 bits per heavy atom. The number of rotatable bonds is 10. The minimum Gasteiger partial charge on any atom is -0.385 e. The molecule has 116 valence electrons. The van der Waals surface area contributed by atoms with Gasteiger partial charge in [0.2, 0.25) is 5.95 Å². The molecule has 0 radical (unpaired) electrons. The van der Waals surface area contributed by atoms with Crippen LogP contribution in [0.25, 0.3) is 0 Å². The molecule has 0 amide bonds. The van der Waals surface area contributed by atoms with Crippen molar-refractivity contribution in [1.29, 1.82) is 0 Å². The molecule has 1 N–H and O–H groups in total. The minimum atomic E-state index is 0.456. The summed E-state index contributed by atoms with van der Waals surface area (Å²) in [4.78, 5) is 6.68. The molecule has 0 spiro atoms. The molecular weight excluding hydrogens is 252 g/mol. The highest BCUT2D eigenvalue weighted by Crippen LogP contribution is 2.22. The second-order valence-electron chi connectivity index (χ2n) is 5.98. The number of nitrogens with one attached hydrogen (secondary N) is 1. The van der Waals surface area contributed by atoms with Gasteiger partial charge < -0.3 is 19.5 Å². The normalized spacial score (nSPS) is 13.2. The van der Waals surface area contributed by atoms with Crippen LogP contribution in [0.1, 0.15) is 32.7 Å². The molecule has 1 unspecified atom stereocenters. The van der Waals surface area contributed by atoms with E-state index in [1.54, 1.807) is 7.11 Å². The molecule has 1 atom stereocenters. The van der Waals surface area contributed by atoms with Crippen molar-refractivity contribution in [2.24, 2.45) is 5.92 Å². The largest absolute Gasteiger partial charge is 0.385 e. The van der Waals surface area contributed by atoms with Gasteiger partial charge in [-0.3, -0.25) is 0 Å². The maximum Gasteiger partial charge on any atom is 0.203 e. The predicted molar refractivity (Wildman–Crippen MR) is 84.3 cm³/mol. The number of anilines is 1. The topological polar surface area (TPSA) is 42.3 Å². The molecule has 5 heteroatoms. The highest BCUT2D eigenvalue weighted by atomic mass is 16.5. The first-order valence-corrected chi connectivity index (χ1v) is 7.45. The lowest BCUT2D eigenvalue weighted by molar-refractivity contribution is 0.197. The average molecular weight is 282 g/mol. The van der Waals surface area contributed by atoms with Crippen LogP contribution in [-0.4, -0.2) is 55.4 Å². The van der Waals surface area contributed by atoms with Crippen molar-refractivity contribution >= 4 is 5.95 Å². The third-order valence-electron chi connectivity index (χ3n) is 3.19. The quantitative estimate of drug-likeness (QED) is 0.670. The first-order chi connectivity index (χ1) is 9.54. The predicted octanol–water partition coefficient (Wildman–Crippen LogP) is 2.48. The lowest BCUT2D eigenvalue weighted by Gasteiger charge is -2.25. The number of ether oxygens (including phenoxy) is 1. The van der Waals surface area contributed by atoms with Gasteiger partial charge in [0.1, 0.15) is 0 Å². The van der Waals surface area contributed by atoms with Crippen LogP contribution in [0.3, 0.4) is 0 Å². The van der Waals surface area contributed by atoms with Crippen molar-refractivity contribution in [2.45, 2.75) is 32.7 Å². The van der Waals surface area contributed by atoms with Crippen LogP contribution >= 0.6 is 0 Å². The zero-order valence-electron chi connectivity index (χ0n) is 13.6. The summed E-state index contributed by atoms with van der Waals surface area (Å²) in [6, 6.07) is 0.456. The first-order valence-electron chi connectivity index (χ1n) is 7.45. The summed E-state index contributed by atoms with van der Waals surface area (Å²) in [7, 11) is 5.97. The summed E-state index contributed by atoms with van der Waals surface area (Å²) in [5, 5.41) is 3.41. The van der Waals surface area contributed by atoms with Crippen molar-refractivity contribution < 1.29 is 4.74 Å². The number of hydrogen-bond acceptors (Lipinski definition) is 4. The second-order valence-corrected chi connectivity index (χ2v) is 5.98. The summed E-state index contributed by atoms with van der Waals surface area (Å²) in [5.41, 5.74) is 0. The Bertz CT molecular complexity index is 353. The van der Waals surface area contributed by atoms with Gasteiger partial charge in [-0.2, -0.15) is 0 Å². The van der Waals surface area contributed by atoms with E-state index in [0.717, 1.165) is 38.5 Å². The van der Waals surface area contributed by atoms with Gasteiger partial charge in [-0.25, -0.2) is 4.98 Å². The third kappa shape index (κ3) is 5.92. The number of aromatic nitrogens is 2. The van der Waals surface area contributed by atoms with Gasteiger partial charge in [-0.1, -0.05) is 13.8 Å². The second kappa shape index (κ2) is 8.97. The Morgan fingerprint density at radius 1 is 1.40 bits per heavy atom. The fraction of sp³-hybridized carbons (Fsp3) is 0.800. The highest BCUT2D eigenvalue weighted by Gasteiger charge is 2.17. The molecule has 20 heavy (non-hydrogen) atoms. The van der Waals surface area contributed by atoms with Gasteiger partial charge in [-0.15, -0.1) is 0 Å². The van der Waals surface area contributed by atoms with Crippen LogP contribution in [0.4, 0.5) is 5.95 Å². The molecule has 0 aliphatic carbocycles. The SMILES string of the molecule is COCCCNc1nccn1C(CC(C)C)CN(C)C. The highest BCUT2D eigenvalue weighted by molar-refractivity contribution is 5.26. The molecule has 5 nitrogen and oxygen atoms in total. The van der Waals surface area contributed by atoms with E-state index in [-0.39, 0.29) is 0 Å². The van der Waals surface area contributed by atoms with Gasteiger partial charge >= 0.3 is 0 Å². The molecule has 0 saturated heterocycles. The van der Waals surface area contributed by atoms with E-state index in [9.17, 15) is 0 Å². The van der Waals surface area contributed by atoms with Crippen LogP contribution in [-0.2, 0) is 4.74 Å². The molecule has 1 aromatic heterocycles. The lowest BCUT2D eigenvalue weighted by atomic mass is 10.0. The maximum absolute atomic E-state index is 5.07. The molecule has 0 aliphatic rings. The summed E-state index contributed by atoms with van der Waals surface area (Å²) in [5.74, 6) is 1.64. The zero-order chi connectivity index (χ0) is 15.0. The van der Waals surface area contributed by atoms with Gasteiger partial charge in [0, 0.05) is 45.2 Å². The molecule has 0 saturated carbocycles. The molecule has 0 fully saturated rings. The molecule has 0 aromatic carbocycles. The van der Waals surface area contributed by atoms with Crippen LogP contribution in [0.5, 0.6) is 0 Å². The fourth-order valence-electron chi connectivity index (χ4n) is 2.40. The van der Waals surface area contributed by atoms with Crippen molar-refractivity contribution in [1.82, 2.24) is 14.5 Å². The van der Waals surface area contributed by atoms with E-state index < -0.39 is 0 Å². The summed E-state index contributed by atoms with van der Waals surface area (Å²) < 4.78 is 7.34. The molecule has 0 bridgehead atoms. The molecule has 0 aliphatic heterocycles. The van der Waals surface area contributed by atoms with E-state index in [4.69, 9.17) is 4.74 Å². The Kier molecular flexibility index (Phi) is 7.62. The number of imidazole rings is 1. The van der Waals surface area contributed by atoms with Crippen molar-refractivity contribution in [3.63, 3.8) is 0 Å². The summed E-state index contributed by atoms with van der Waals surface area (Å²) in [6.45, 7) is 7.24.